The highest BCUT2D eigenvalue weighted by atomic mass is 19.1. The van der Waals surface area contributed by atoms with Crippen molar-refractivity contribution in [1.29, 1.82) is 5.26 Å². The SMILES string of the molecule is CN(c1cc(N)cc(F)c1)c1ccccc1C#N. The molecule has 0 amide bonds. The van der Waals surface area contributed by atoms with Crippen LogP contribution >= 0.6 is 0 Å². The number of nitrogen functional groups attached to an aromatic ring is 1. The molecule has 90 valence electrons. The van der Waals surface area contributed by atoms with E-state index in [4.69, 9.17) is 11.0 Å². The molecule has 0 aliphatic rings. The molecule has 3 nitrogen and oxygen atoms in total. The maximum Gasteiger partial charge on any atom is 0.127 e. The molecule has 0 saturated heterocycles. The number of halogens is 1. The lowest BCUT2D eigenvalue weighted by Crippen LogP contribution is -2.11. The van der Waals surface area contributed by atoms with Crippen LogP contribution in [0.2, 0.25) is 0 Å². The number of nitriles is 1. The molecule has 0 aromatic heterocycles. The standard InChI is InChI=1S/C14H12FN3/c1-18(13-7-11(15)6-12(17)8-13)14-5-3-2-4-10(14)9-16/h2-8H,17H2,1H3. The topological polar surface area (TPSA) is 53.0 Å². The third kappa shape index (κ3) is 2.25. The van der Waals surface area contributed by atoms with Gasteiger partial charge < -0.3 is 10.6 Å². The molecule has 2 aromatic carbocycles. The highest BCUT2D eigenvalue weighted by molar-refractivity contribution is 5.70. The van der Waals surface area contributed by atoms with Crippen molar-refractivity contribution in [1.82, 2.24) is 0 Å². The number of nitrogens with zero attached hydrogens (tertiary/aromatic N) is 2. The fourth-order valence-corrected chi connectivity index (χ4v) is 1.79. The summed E-state index contributed by atoms with van der Waals surface area (Å²) in [6, 6.07) is 13.5. The average Bonchev–Trinajstić information content (AvgIpc) is 2.36. The Hall–Kier alpha value is -2.54. The van der Waals surface area contributed by atoms with Gasteiger partial charge in [0.15, 0.2) is 0 Å². The van der Waals surface area contributed by atoms with Crippen LogP contribution < -0.4 is 10.6 Å². The lowest BCUT2D eigenvalue weighted by Gasteiger charge is -2.21. The molecule has 0 atom stereocenters. The van der Waals surface area contributed by atoms with Crippen molar-refractivity contribution in [3.63, 3.8) is 0 Å². The Kier molecular flexibility index (Phi) is 3.16. The van der Waals surface area contributed by atoms with E-state index in [2.05, 4.69) is 6.07 Å². The van der Waals surface area contributed by atoms with Crippen molar-refractivity contribution in [2.45, 2.75) is 0 Å². The normalized spacial score (nSPS) is 9.83. The predicted molar refractivity (Wildman–Crippen MR) is 70.0 cm³/mol. The Balaban J connectivity index is 2.48. The van der Waals surface area contributed by atoms with Gasteiger partial charge >= 0.3 is 0 Å². The summed E-state index contributed by atoms with van der Waals surface area (Å²) in [4.78, 5) is 1.73. The minimum absolute atomic E-state index is 0.353. The number of para-hydroxylation sites is 1. The van der Waals surface area contributed by atoms with Crippen LogP contribution in [0.4, 0.5) is 21.5 Å². The third-order valence-electron chi connectivity index (χ3n) is 2.68. The molecule has 0 fully saturated rings. The minimum atomic E-state index is -0.397. The first-order chi connectivity index (χ1) is 8.61. The highest BCUT2D eigenvalue weighted by Crippen LogP contribution is 2.28. The number of hydrogen-bond acceptors (Lipinski definition) is 3. The summed E-state index contributed by atoms with van der Waals surface area (Å²) in [5.41, 5.74) is 7.82. The van der Waals surface area contributed by atoms with Crippen molar-refractivity contribution in [2.24, 2.45) is 0 Å². The Bertz CT molecular complexity index is 596. The lowest BCUT2D eigenvalue weighted by atomic mass is 10.1. The van der Waals surface area contributed by atoms with Crippen molar-refractivity contribution in [3.05, 3.63) is 53.8 Å². The van der Waals surface area contributed by atoms with Gasteiger partial charge in [-0.15, -0.1) is 0 Å². The Morgan fingerprint density at radius 1 is 1.22 bits per heavy atom. The highest BCUT2D eigenvalue weighted by Gasteiger charge is 2.10. The molecule has 0 unspecified atom stereocenters. The molecule has 0 saturated carbocycles. The molecular formula is C14H12FN3. The van der Waals surface area contributed by atoms with Crippen molar-refractivity contribution in [3.8, 4) is 6.07 Å². The van der Waals surface area contributed by atoms with Crippen LogP contribution in [-0.2, 0) is 0 Å². The molecule has 18 heavy (non-hydrogen) atoms. The summed E-state index contributed by atoms with van der Waals surface area (Å²) in [7, 11) is 1.77. The summed E-state index contributed by atoms with van der Waals surface area (Å²) in [6.45, 7) is 0. The van der Waals surface area contributed by atoms with E-state index >= 15 is 0 Å². The zero-order chi connectivity index (χ0) is 13.1. The molecule has 2 N–H and O–H groups in total. The monoisotopic (exact) mass is 241 g/mol. The number of rotatable bonds is 2. The zero-order valence-electron chi connectivity index (χ0n) is 9.89. The van der Waals surface area contributed by atoms with E-state index in [0.717, 1.165) is 0 Å². The number of benzene rings is 2. The number of nitrogens with two attached hydrogens (primary N) is 1. The average molecular weight is 241 g/mol. The molecule has 2 rings (SSSR count). The molecule has 4 heteroatoms. The zero-order valence-corrected chi connectivity index (χ0v) is 9.89. The summed E-state index contributed by atoms with van der Waals surface area (Å²) >= 11 is 0. The fraction of sp³-hybridized carbons (Fsp3) is 0.0714. The maximum absolute atomic E-state index is 13.3. The molecule has 0 bridgehead atoms. The summed E-state index contributed by atoms with van der Waals surface area (Å²) in [5.74, 6) is -0.397. The largest absolute Gasteiger partial charge is 0.399 e. The van der Waals surface area contributed by atoms with Crippen molar-refractivity contribution >= 4 is 17.1 Å². The Labute approximate surface area is 105 Å². The second-order valence-corrected chi connectivity index (χ2v) is 3.93. The van der Waals surface area contributed by atoms with Gasteiger partial charge in [-0.25, -0.2) is 4.39 Å². The first kappa shape index (κ1) is 11.9. The van der Waals surface area contributed by atoms with Crippen LogP contribution in [0.15, 0.2) is 42.5 Å². The Morgan fingerprint density at radius 2 is 1.94 bits per heavy atom. The molecule has 0 heterocycles. The molecular weight excluding hydrogens is 229 g/mol. The van der Waals surface area contributed by atoms with Gasteiger partial charge in [-0.3, -0.25) is 0 Å². The van der Waals surface area contributed by atoms with E-state index in [-0.39, 0.29) is 0 Å². The molecule has 0 aliphatic heterocycles. The van der Waals surface area contributed by atoms with E-state index in [9.17, 15) is 4.39 Å². The predicted octanol–water partition coefficient (Wildman–Crippen LogP) is 3.05. The summed E-state index contributed by atoms with van der Waals surface area (Å²) < 4.78 is 13.3. The van der Waals surface area contributed by atoms with Crippen LogP contribution in [0.1, 0.15) is 5.56 Å². The minimum Gasteiger partial charge on any atom is -0.399 e. The first-order valence-corrected chi connectivity index (χ1v) is 5.41. The van der Waals surface area contributed by atoms with E-state index in [1.54, 1.807) is 36.2 Å². The van der Waals surface area contributed by atoms with Gasteiger partial charge in [-0.05, 0) is 30.3 Å². The van der Waals surface area contributed by atoms with Gasteiger partial charge in [0.1, 0.15) is 11.9 Å². The van der Waals surface area contributed by atoms with Gasteiger partial charge in [0.2, 0.25) is 0 Å². The molecule has 0 aliphatic carbocycles. The van der Waals surface area contributed by atoms with Crippen LogP contribution in [0, 0.1) is 17.1 Å². The van der Waals surface area contributed by atoms with Gasteiger partial charge in [0.25, 0.3) is 0 Å². The number of hydrogen-bond donors (Lipinski definition) is 1. The van der Waals surface area contributed by atoms with Crippen molar-refractivity contribution in [2.75, 3.05) is 17.7 Å². The maximum atomic E-state index is 13.3. The Morgan fingerprint density at radius 3 is 2.61 bits per heavy atom. The van der Waals surface area contributed by atoms with E-state index in [1.165, 1.54) is 12.1 Å². The molecule has 0 radical (unpaired) electrons. The number of anilines is 3. The summed E-state index contributed by atoms with van der Waals surface area (Å²) in [5, 5.41) is 9.05. The van der Waals surface area contributed by atoms with Gasteiger partial charge in [-0.2, -0.15) is 5.26 Å². The third-order valence-corrected chi connectivity index (χ3v) is 2.68. The molecule has 0 spiro atoms. The summed E-state index contributed by atoms with van der Waals surface area (Å²) in [6.07, 6.45) is 0. The molecule has 2 aromatic rings. The van der Waals surface area contributed by atoms with Gasteiger partial charge in [-0.1, -0.05) is 12.1 Å². The van der Waals surface area contributed by atoms with Crippen LogP contribution in [0.5, 0.6) is 0 Å². The van der Waals surface area contributed by atoms with Crippen LogP contribution in [-0.4, -0.2) is 7.05 Å². The second-order valence-electron chi connectivity index (χ2n) is 3.93. The van der Waals surface area contributed by atoms with E-state index in [1.807, 2.05) is 6.07 Å². The fourth-order valence-electron chi connectivity index (χ4n) is 1.79. The van der Waals surface area contributed by atoms with Crippen LogP contribution in [0.3, 0.4) is 0 Å². The van der Waals surface area contributed by atoms with E-state index < -0.39 is 5.82 Å². The smallest absolute Gasteiger partial charge is 0.127 e. The first-order valence-electron chi connectivity index (χ1n) is 5.41. The second kappa shape index (κ2) is 4.76. The van der Waals surface area contributed by atoms with Gasteiger partial charge in [0.05, 0.1) is 11.3 Å². The van der Waals surface area contributed by atoms with E-state index in [0.29, 0.717) is 22.6 Å². The van der Waals surface area contributed by atoms with Gasteiger partial charge in [0, 0.05) is 18.4 Å². The lowest BCUT2D eigenvalue weighted by molar-refractivity contribution is 0.628. The quantitative estimate of drug-likeness (QED) is 0.822. The van der Waals surface area contributed by atoms with Crippen molar-refractivity contribution < 1.29 is 4.39 Å². The van der Waals surface area contributed by atoms with Crippen LogP contribution in [0.25, 0.3) is 0 Å².